The number of aromatic nitrogens is 1. The largest absolute Gasteiger partial charge is 0.436 e. The smallest absolute Gasteiger partial charge is 0.227 e. The van der Waals surface area contributed by atoms with Gasteiger partial charge in [0.25, 0.3) is 0 Å². The van der Waals surface area contributed by atoms with Gasteiger partial charge in [0.05, 0.1) is 0 Å². The maximum absolute atomic E-state index is 5.69. The van der Waals surface area contributed by atoms with E-state index in [4.69, 9.17) is 4.42 Å². The maximum Gasteiger partial charge on any atom is 0.227 e. The van der Waals surface area contributed by atoms with Gasteiger partial charge in [0.2, 0.25) is 5.89 Å². The summed E-state index contributed by atoms with van der Waals surface area (Å²) in [4.78, 5) is 4.33. The Morgan fingerprint density at radius 2 is 2.06 bits per heavy atom. The third-order valence-corrected chi connectivity index (χ3v) is 2.16. The minimum absolute atomic E-state index is 0.567. The molecule has 0 amide bonds. The third kappa shape index (κ3) is 3.74. The molecule has 1 aromatic rings. The predicted molar refractivity (Wildman–Crippen MR) is 78.2 cm³/mol. The Hall–Kier alpha value is -2.09. The van der Waals surface area contributed by atoms with Gasteiger partial charge in [0, 0.05) is 5.57 Å². The van der Waals surface area contributed by atoms with Gasteiger partial charge in [-0.1, -0.05) is 49.1 Å². The van der Waals surface area contributed by atoms with Gasteiger partial charge < -0.3 is 4.42 Å². The number of allylic oxidation sites excluding steroid dienone is 7. The Kier molecular flexibility index (Phi) is 5.12. The predicted octanol–water partition coefficient (Wildman–Crippen LogP) is 2.98. The monoisotopic (exact) mass is 241 g/mol. The Morgan fingerprint density at radius 1 is 1.33 bits per heavy atom. The highest BCUT2D eigenvalue weighted by atomic mass is 16.3. The van der Waals surface area contributed by atoms with Gasteiger partial charge in [0.1, 0.15) is 5.35 Å². The number of rotatable bonds is 4. The highest BCUT2D eigenvalue weighted by Crippen LogP contribution is 2.13. The fourth-order valence-corrected chi connectivity index (χ4v) is 1.42. The maximum atomic E-state index is 5.69. The summed E-state index contributed by atoms with van der Waals surface area (Å²) in [6, 6.07) is 0. The quantitative estimate of drug-likeness (QED) is 0.757. The lowest BCUT2D eigenvalue weighted by molar-refractivity contribution is 0.512. The van der Waals surface area contributed by atoms with Crippen molar-refractivity contribution in [2.75, 3.05) is 0 Å². The molecule has 0 aliphatic rings. The molecule has 0 saturated carbocycles. The van der Waals surface area contributed by atoms with Crippen molar-refractivity contribution in [2.45, 2.75) is 20.8 Å². The van der Waals surface area contributed by atoms with E-state index in [1.807, 2.05) is 51.2 Å². The molecule has 0 atom stereocenters. The van der Waals surface area contributed by atoms with Gasteiger partial charge in [-0.25, -0.2) is 4.98 Å². The minimum Gasteiger partial charge on any atom is -0.436 e. The van der Waals surface area contributed by atoms with Crippen LogP contribution in [0.5, 0.6) is 0 Å². The fourth-order valence-electron chi connectivity index (χ4n) is 1.42. The molecule has 0 N–H and O–H groups in total. The summed E-state index contributed by atoms with van der Waals surface area (Å²) in [7, 11) is 0. The molecule has 0 bridgehead atoms. The van der Waals surface area contributed by atoms with Crippen LogP contribution in [0.3, 0.4) is 0 Å². The second kappa shape index (κ2) is 6.60. The van der Waals surface area contributed by atoms with Crippen LogP contribution in [0.2, 0.25) is 0 Å². The van der Waals surface area contributed by atoms with E-state index in [0.29, 0.717) is 16.7 Å². The molecular formula is C16H19NO. The molecule has 0 aliphatic heterocycles. The molecule has 1 aromatic heterocycles. The molecule has 94 valence electrons. The number of hydrogen-bond acceptors (Lipinski definition) is 2. The SMILES string of the molecule is C=C/C=C(\C=C(C)C)c1nc(=C)/c(=C\C=C/C)o1. The van der Waals surface area contributed by atoms with Crippen molar-refractivity contribution < 1.29 is 4.42 Å². The average molecular weight is 241 g/mol. The highest BCUT2D eigenvalue weighted by molar-refractivity contribution is 5.70. The van der Waals surface area contributed by atoms with E-state index < -0.39 is 0 Å². The van der Waals surface area contributed by atoms with Crippen molar-refractivity contribution in [1.29, 1.82) is 0 Å². The Labute approximate surface area is 108 Å². The zero-order valence-corrected chi connectivity index (χ0v) is 11.2. The molecule has 0 aromatic carbocycles. The zero-order valence-electron chi connectivity index (χ0n) is 11.2. The van der Waals surface area contributed by atoms with E-state index in [0.717, 1.165) is 5.57 Å². The Morgan fingerprint density at radius 3 is 2.61 bits per heavy atom. The Bertz CT molecular complexity index is 608. The van der Waals surface area contributed by atoms with Crippen molar-refractivity contribution in [3.05, 3.63) is 59.2 Å². The van der Waals surface area contributed by atoms with Crippen molar-refractivity contribution in [3.63, 3.8) is 0 Å². The van der Waals surface area contributed by atoms with Gasteiger partial charge in [-0.05, 0) is 26.8 Å². The fraction of sp³-hybridized carbons (Fsp3) is 0.188. The lowest BCUT2D eigenvalue weighted by Crippen LogP contribution is -2.19. The van der Waals surface area contributed by atoms with Gasteiger partial charge in [-0.2, -0.15) is 0 Å². The minimum atomic E-state index is 0.567. The standard InChI is InChI=1S/C16H19NO/c1-6-8-10-15-13(5)17-16(18-15)14(9-7-2)11-12(3)4/h6-11H,2,5H2,1,3-4H3/b8-6-,14-9+,15-10+. The molecule has 2 nitrogen and oxygen atoms in total. The second-order valence-electron chi connectivity index (χ2n) is 4.10. The first-order valence-corrected chi connectivity index (χ1v) is 5.85. The van der Waals surface area contributed by atoms with Crippen LogP contribution in [0.25, 0.3) is 18.2 Å². The van der Waals surface area contributed by atoms with Crippen LogP contribution < -0.4 is 10.8 Å². The average Bonchev–Trinajstić information content (AvgIpc) is 2.67. The van der Waals surface area contributed by atoms with Crippen molar-refractivity contribution in [3.8, 4) is 0 Å². The summed E-state index contributed by atoms with van der Waals surface area (Å²) in [6.07, 6.45) is 11.3. The van der Waals surface area contributed by atoms with Crippen molar-refractivity contribution in [1.82, 2.24) is 4.98 Å². The molecular weight excluding hydrogens is 222 g/mol. The van der Waals surface area contributed by atoms with E-state index in [9.17, 15) is 0 Å². The van der Waals surface area contributed by atoms with Crippen LogP contribution in [0.4, 0.5) is 0 Å². The van der Waals surface area contributed by atoms with Crippen LogP contribution in [0.15, 0.2) is 46.9 Å². The number of hydrogen-bond donors (Lipinski definition) is 0. The highest BCUT2D eigenvalue weighted by Gasteiger charge is 2.04. The summed E-state index contributed by atoms with van der Waals surface area (Å²) in [5.41, 5.74) is 2.75. The van der Waals surface area contributed by atoms with Gasteiger partial charge >= 0.3 is 0 Å². The number of nitrogens with zero attached hydrogens (tertiary/aromatic N) is 1. The zero-order chi connectivity index (χ0) is 13.5. The van der Waals surface area contributed by atoms with Crippen LogP contribution in [0, 0.1) is 0 Å². The molecule has 1 rings (SSSR count). The topological polar surface area (TPSA) is 26.0 Å². The third-order valence-electron chi connectivity index (χ3n) is 2.16. The van der Waals surface area contributed by atoms with E-state index >= 15 is 0 Å². The normalized spacial score (nSPS) is 13.1. The molecule has 0 unspecified atom stereocenters. The van der Waals surface area contributed by atoms with E-state index in [1.54, 1.807) is 6.08 Å². The summed E-state index contributed by atoms with van der Waals surface area (Å²) in [5, 5.41) is 0.639. The second-order valence-corrected chi connectivity index (χ2v) is 4.10. The lowest BCUT2D eigenvalue weighted by atomic mass is 10.1. The summed E-state index contributed by atoms with van der Waals surface area (Å²) in [6.45, 7) is 13.6. The van der Waals surface area contributed by atoms with Crippen molar-refractivity contribution >= 4 is 18.2 Å². The molecule has 0 fully saturated rings. The molecule has 2 heteroatoms. The summed E-state index contributed by atoms with van der Waals surface area (Å²) in [5.74, 6) is 0.567. The van der Waals surface area contributed by atoms with E-state index in [2.05, 4.69) is 18.1 Å². The molecule has 0 spiro atoms. The van der Waals surface area contributed by atoms with Gasteiger partial charge in [-0.3, -0.25) is 0 Å². The van der Waals surface area contributed by atoms with E-state index in [-0.39, 0.29) is 0 Å². The van der Waals surface area contributed by atoms with Crippen LogP contribution in [-0.2, 0) is 0 Å². The number of oxazole rings is 1. The first kappa shape index (κ1) is 14.0. The van der Waals surface area contributed by atoms with Crippen molar-refractivity contribution in [2.24, 2.45) is 0 Å². The molecule has 0 radical (unpaired) electrons. The van der Waals surface area contributed by atoms with E-state index in [1.165, 1.54) is 5.57 Å². The molecule has 1 heterocycles. The first-order chi connectivity index (χ1) is 8.58. The summed E-state index contributed by atoms with van der Waals surface area (Å²) < 4.78 is 5.69. The molecule has 18 heavy (non-hydrogen) atoms. The van der Waals surface area contributed by atoms with Crippen LogP contribution in [-0.4, -0.2) is 4.98 Å². The molecule has 0 saturated heterocycles. The van der Waals surface area contributed by atoms with Crippen LogP contribution in [0.1, 0.15) is 26.7 Å². The summed E-state index contributed by atoms with van der Waals surface area (Å²) >= 11 is 0. The lowest BCUT2D eigenvalue weighted by Gasteiger charge is -1.95. The Balaban J connectivity index is 3.33. The van der Waals surface area contributed by atoms with Crippen LogP contribution >= 0.6 is 0 Å². The van der Waals surface area contributed by atoms with Gasteiger partial charge in [0.15, 0.2) is 5.42 Å². The molecule has 0 aliphatic carbocycles. The van der Waals surface area contributed by atoms with Gasteiger partial charge in [-0.15, -0.1) is 0 Å². The first-order valence-electron chi connectivity index (χ1n) is 5.85.